The summed E-state index contributed by atoms with van der Waals surface area (Å²) in [6, 6.07) is 0.0298. The zero-order chi connectivity index (χ0) is 13.1. The molecule has 1 amide bonds. The number of aliphatic hydroxyl groups is 1. The Morgan fingerprint density at radius 3 is 2.67 bits per heavy atom. The minimum atomic E-state index is -0.253. The van der Waals surface area contributed by atoms with E-state index in [4.69, 9.17) is 5.73 Å². The lowest BCUT2D eigenvalue weighted by Gasteiger charge is -2.37. The van der Waals surface area contributed by atoms with Gasteiger partial charge in [-0.1, -0.05) is 26.2 Å². The van der Waals surface area contributed by atoms with E-state index in [9.17, 15) is 9.90 Å². The third-order valence-electron chi connectivity index (χ3n) is 4.56. The lowest BCUT2D eigenvalue weighted by Crippen LogP contribution is -2.50. The van der Waals surface area contributed by atoms with Crippen molar-refractivity contribution in [3.8, 4) is 0 Å². The fourth-order valence-electron chi connectivity index (χ4n) is 3.21. The molecule has 1 saturated heterocycles. The van der Waals surface area contributed by atoms with Gasteiger partial charge in [0.1, 0.15) is 0 Å². The van der Waals surface area contributed by atoms with Gasteiger partial charge in [-0.25, -0.2) is 0 Å². The standard InChI is InChI=1S/C14H26N2O2/c1-10-9-16(8-7-13(10)17)14(18)11-5-3-2-4-6-12(11)15/h10-13,17H,2-9,15H2,1H3. The Morgan fingerprint density at radius 1 is 1.22 bits per heavy atom. The summed E-state index contributed by atoms with van der Waals surface area (Å²) >= 11 is 0. The van der Waals surface area contributed by atoms with Crippen LogP contribution in [0.25, 0.3) is 0 Å². The third kappa shape index (κ3) is 3.04. The number of nitrogens with two attached hydrogens (primary N) is 1. The largest absolute Gasteiger partial charge is 0.393 e. The van der Waals surface area contributed by atoms with Crippen molar-refractivity contribution in [3.63, 3.8) is 0 Å². The molecule has 0 radical (unpaired) electrons. The molecule has 2 rings (SSSR count). The molecule has 18 heavy (non-hydrogen) atoms. The molecule has 4 heteroatoms. The van der Waals surface area contributed by atoms with Crippen molar-refractivity contribution in [3.05, 3.63) is 0 Å². The van der Waals surface area contributed by atoms with E-state index in [0.717, 1.165) is 25.7 Å². The van der Waals surface area contributed by atoms with Gasteiger partial charge in [-0.15, -0.1) is 0 Å². The summed E-state index contributed by atoms with van der Waals surface area (Å²) in [6.07, 6.45) is 5.84. The maximum atomic E-state index is 12.5. The Kier molecular flexibility index (Phi) is 4.62. The first-order chi connectivity index (χ1) is 8.59. The number of hydrogen-bond donors (Lipinski definition) is 2. The summed E-state index contributed by atoms with van der Waals surface area (Å²) in [5.74, 6) is 0.419. The third-order valence-corrected chi connectivity index (χ3v) is 4.56. The molecule has 1 aliphatic carbocycles. The van der Waals surface area contributed by atoms with Gasteiger partial charge in [0.2, 0.25) is 5.91 Å². The minimum Gasteiger partial charge on any atom is -0.393 e. The highest BCUT2D eigenvalue weighted by Crippen LogP contribution is 2.26. The second kappa shape index (κ2) is 6.02. The number of carbonyl (C=O) groups is 1. The molecule has 4 unspecified atom stereocenters. The first-order valence-corrected chi connectivity index (χ1v) is 7.32. The Hall–Kier alpha value is -0.610. The molecule has 4 nitrogen and oxygen atoms in total. The number of nitrogens with zero attached hydrogens (tertiary/aromatic N) is 1. The number of hydrogen-bond acceptors (Lipinski definition) is 3. The highest BCUT2D eigenvalue weighted by Gasteiger charge is 2.34. The molecule has 1 saturated carbocycles. The second-order valence-electron chi connectivity index (χ2n) is 6.03. The molecular formula is C14H26N2O2. The van der Waals surface area contributed by atoms with Gasteiger partial charge < -0.3 is 15.7 Å². The smallest absolute Gasteiger partial charge is 0.227 e. The Labute approximate surface area is 110 Å². The lowest BCUT2D eigenvalue weighted by molar-refractivity contribution is -0.140. The zero-order valence-electron chi connectivity index (χ0n) is 11.3. The summed E-state index contributed by atoms with van der Waals surface area (Å²) < 4.78 is 0. The van der Waals surface area contributed by atoms with Gasteiger partial charge in [-0.05, 0) is 25.2 Å². The van der Waals surface area contributed by atoms with Gasteiger partial charge >= 0.3 is 0 Å². The van der Waals surface area contributed by atoms with Gasteiger partial charge in [0.05, 0.1) is 12.0 Å². The molecule has 2 fully saturated rings. The van der Waals surface area contributed by atoms with Crippen LogP contribution in [0, 0.1) is 11.8 Å². The summed E-state index contributed by atoms with van der Waals surface area (Å²) in [5, 5.41) is 9.72. The van der Waals surface area contributed by atoms with Crippen molar-refractivity contribution < 1.29 is 9.90 Å². The van der Waals surface area contributed by atoms with Crippen LogP contribution in [0.2, 0.25) is 0 Å². The number of piperidine rings is 1. The number of aliphatic hydroxyl groups excluding tert-OH is 1. The molecule has 104 valence electrons. The topological polar surface area (TPSA) is 66.6 Å². The van der Waals surface area contributed by atoms with Crippen molar-refractivity contribution in [2.45, 2.75) is 57.6 Å². The van der Waals surface area contributed by atoms with E-state index in [1.807, 2.05) is 11.8 Å². The monoisotopic (exact) mass is 254 g/mol. The number of likely N-dealkylation sites (tertiary alicyclic amines) is 1. The van der Waals surface area contributed by atoms with Gasteiger partial charge in [0, 0.05) is 19.1 Å². The summed E-state index contributed by atoms with van der Waals surface area (Å²) in [5.41, 5.74) is 6.15. The van der Waals surface area contributed by atoms with Crippen molar-refractivity contribution in [1.82, 2.24) is 4.90 Å². The van der Waals surface area contributed by atoms with Crippen LogP contribution in [0.1, 0.15) is 45.4 Å². The molecule has 0 aromatic rings. The van der Waals surface area contributed by atoms with E-state index >= 15 is 0 Å². The van der Waals surface area contributed by atoms with Crippen LogP contribution >= 0.6 is 0 Å². The van der Waals surface area contributed by atoms with Crippen LogP contribution in [0.3, 0.4) is 0 Å². The van der Waals surface area contributed by atoms with Crippen LogP contribution in [0.4, 0.5) is 0 Å². The van der Waals surface area contributed by atoms with E-state index in [0.29, 0.717) is 19.5 Å². The average molecular weight is 254 g/mol. The molecular weight excluding hydrogens is 228 g/mol. The zero-order valence-corrected chi connectivity index (χ0v) is 11.3. The van der Waals surface area contributed by atoms with E-state index in [1.54, 1.807) is 0 Å². The van der Waals surface area contributed by atoms with E-state index < -0.39 is 0 Å². The SMILES string of the molecule is CC1CN(C(=O)C2CCCCCC2N)CCC1O. The molecule has 3 N–H and O–H groups in total. The van der Waals surface area contributed by atoms with Crippen LogP contribution in [0.5, 0.6) is 0 Å². The Morgan fingerprint density at radius 2 is 1.94 bits per heavy atom. The van der Waals surface area contributed by atoms with Crippen molar-refractivity contribution in [2.24, 2.45) is 17.6 Å². The normalized spacial score (nSPS) is 38.3. The molecule has 0 aromatic heterocycles. The summed E-state index contributed by atoms with van der Waals surface area (Å²) in [7, 11) is 0. The molecule has 1 aliphatic heterocycles. The number of amides is 1. The van der Waals surface area contributed by atoms with E-state index in [2.05, 4.69) is 0 Å². The second-order valence-corrected chi connectivity index (χ2v) is 6.03. The van der Waals surface area contributed by atoms with Gasteiger partial charge in [-0.3, -0.25) is 4.79 Å². The van der Waals surface area contributed by atoms with E-state index in [-0.39, 0.29) is 29.9 Å². The summed E-state index contributed by atoms with van der Waals surface area (Å²) in [6.45, 7) is 3.38. The van der Waals surface area contributed by atoms with Crippen LogP contribution in [-0.4, -0.2) is 41.1 Å². The summed E-state index contributed by atoms with van der Waals surface area (Å²) in [4.78, 5) is 14.5. The minimum absolute atomic E-state index is 0.00921. The van der Waals surface area contributed by atoms with Crippen LogP contribution in [0.15, 0.2) is 0 Å². The van der Waals surface area contributed by atoms with Crippen molar-refractivity contribution in [1.29, 1.82) is 0 Å². The quantitative estimate of drug-likeness (QED) is 0.689. The van der Waals surface area contributed by atoms with Crippen molar-refractivity contribution >= 4 is 5.91 Å². The predicted molar refractivity (Wildman–Crippen MR) is 70.9 cm³/mol. The average Bonchev–Trinajstić information content (AvgIpc) is 2.56. The molecule has 1 heterocycles. The molecule has 2 aliphatic rings. The van der Waals surface area contributed by atoms with Crippen molar-refractivity contribution in [2.75, 3.05) is 13.1 Å². The van der Waals surface area contributed by atoms with E-state index in [1.165, 1.54) is 6.42 Å². The number of rotatable bonds is 1. The highest BCUT2D eigenvalue weighted by molar-refractivity contribution is 5.79. The predicted octanol–water partition coefficient (Wildman–Crippen LogP) is 1.12. The molecule has 0 spiro atoms. The lowest BCUT2D eigenvalue weighted by atomic mass is 9.91. The van der Waals surface area contributed by atoms with Crippen LogP contribution < -0.4 is 5.73 Å². The fourth-order valence-corrected chi connectivity index (χ4v) is 3.21. The van der Waals surface area contributed by atoms with Gasteiger partial charge in [0.25, 0.3) is 0 Å². The highest BCUT2D eigenvalue weighted by atomic mass is 16.3. The van der Waals surface area contributed by atoms with Gasteiger partial charge in [-0.2, -0.15) is 0 Å². The maximum absolute atomic E-state index is 12.5. The maximum Gasteiger partial charge on any atom is 0.227 e. The Balaban J connectivity index is 1.97. The fraction of sp³-hybridized carbons (Fsp3) is 0.929. The molecule has 4 atom stereocenters. The Bertz CT molecular complexity index is 296. The molecule has 0 aromatic carbocycles. The number of carbonyl (C=O) groups excluding carboxylic acids is 1. The first kappa shape index (κ1) is 13.8. The van der Waals surface area contributed by atoms with Crippen LogP contribution in [-0.2, 0) is 4.79 Å². The first-order valence-electron chi connectivity index (χ1n) is 7.32. The van der Waals surface area contributed by atoms with Gasteiger partial charge in [0.15, 0.2) is 0 Å². The molecule has 0 bridgehead atoms.